The number of β-amino-alcohol motifs (C(OH)–C–C–N with tert-alkyl or cyclic N) is 1. The summed E-state index contributed by atoms with van der Waals surface area (Å²) in [6.07, 6.45) is 6.00. The molecule has 3 aliphatic rings. The van der Waals surface area contributed by atoms with Crippen molar-refractivity contribution in [3.05, 3.63) is 27.4 Å². The van der Waals surface area contributed by atoms with Crippen LogP contribution in [-0.2, 0) is 19.4 Å². The van der Waals surface area contributed by atoms with Crippen LogP contribution in [0.1, 0.15) is 42.8 Å². The second-order valence-corrected chi connectivity index (χ2v) is 7.55. The topological polar surface area (TPSA) is 81.2 Å². The zero-order valence-corrected chi connectivity index (χ0v) is 13.6. The summed E-state index contributed by atoms with van der Waals surface area (Å²) in [7, 11) is 0. The van der Waals surface area contributed by atoms with Crippen LogP contribution in [0.3, 0.4) is 0 Å². The van der Waals surface area contributed by atoms with Gasteiger partial charge >= 0.3 is 0 Å². The molecule has 4 rings (SSSR count). The maximum Gasteiger partial charge on any atom is 0.254 e. The Balaban J connectivity index is 1.48. The van der Waals surface area contributed by atoms with Crippen LogP contribution < -0.4 is 10.9 Å². The maximum absolute atomic E-state index is 12.3. The van der Waals surface area contributed by atoms with E-state index in [1.807, 2.05) is 0 Å². The summed E-state index contributed by atoms with van der Waals surface area (Å²) in [4.78, 5) is 22.2. The minimum atomic E-state index is -0.645. The second kappa shape index (κ2) is 6.00. The van der Waals surface area contributed by atoms with Gasteiger partial charge in [-0.25, -0.2) is 4.98 Å². The van der Waals surface area contributed by atoms with E-state index in [0.29, 0.717) is 25.6 Å². The molecule has 1 saturated heterocycles. The number of hydrogen-bond acceptors (Lipinski definition) is 5. The number of nitrogens with zero attached hydrogens (tertiary/aromatic N) is 2. The molecule has 2 fully saturated rings. The van der Waals surface area contributed by atoms with Crippen LogP contribution in [0.5, 0.6) is 0 Å². The van der Waals surface area contributed by atoms with E-state index in [0.717, 1.165) is 55.9 Å². The van der Waals surface area contributed by atoms with Gasteiger partial charge in [0.2, 0.25) is 0 Å². The van der Waals surface area contributed by atoms with Gasteiger partial charge in [0.1, 0.15) is 5.82 Å². The van der Waals surface area contributed by atoms with Crippen molar-refractivity contribution in [2.75, 3.05) is 26.2 Å². The van der Waals surface area contributed by atoms with Gasteiger partial charge in [0.05, 0.1) is 11.3 Å². The fourth-order valence-electron chi connectivity index (χ4n) is 3.88. The van der Waals surface area contributed by atoms with Gasteiger partial charge in [0, 0.05) is 38.2 Å². The average Bonchev–Trinajstić information content (AvgIpc) is 3.31. The molecule has 6 nitrogen and oxygen atoms in total. The molecule has 6 heteroatoms. The molecule has 0 bridgehead atoms. The van der Waals surface area contributed by atoms with Crippen LogP contribution in [0.25, 0.3) is 0 Å². The van der Waals surface area contributed by atoms with Gasteiger partial charge in [-0.15, -0.1) is 0 Å². The number of fused-ring (bicyclic) bond motifs is 1. The first-order chi connectivity index (χ1) is 11.1. The van der Waals surface area contributed by atoms with Gasteiger partial charge in [-0.2, -0.15) is 0 Å². The Kier molecular flexibility index (Phi) is 3.99. The smallest absolute Gasteiger partial charge is 0.254 e. The highest BCUT2D eigenvalue weighted by atomic mass is 16.3. The number of aromatic nitrogens is 2. The number of aliphatic hydroxyl groups is 1. The van der Waals surface area contributed by atoms with Crippen LogP contribution in [-0.4, -0.2) is 51.8 Å². The Bertz CT molecular complexity index is 632. The van der Waals surface area contributed by atoms with Crippen LogP contribution in [0.2, 0.25) is 0 Å². The van der Waals surface area contributed by atoms with Crippen molar-refractivity contribution in [1.82, 2.24) is 20.2 Å². The minimum Gasteiger partial charge on any atom is -0.387 e. The van der Waals surface area contributed by atoms with E-state index in [2.05, 4.69) is 15.2 Å². The predicted octanol–water partition coefficient (Wildman–Crippen LogP) is 0.195. The van der Waals surface area contributed by atoms with E-state index >= 15 is 0 Å². The lowest BCUT2D eigenvalue weighted by molar-refractivity contribution is -0.0189. The average molecular weight is 318 g/mol. The summed E-state index contributed by atoms with van der Waals surface area (Å²) in [5.41, 5.74) is 1.16. The van der Waals surface area contributed by atoms with E-state index in [4.69, 9.17) is 4.98 Å². The molecule has 1 atom stereocenters. The molecule has 0 spiro atoms. The molecule has 0 unspecified atom stereocenters. The summed E-state index contributed by atoms with van der Waals surface area (Å²) in [5.74, 6) is 1.56. The molecule has 2 aliphatic heterocycles. The monoisotopic (exact) mass is 318 g/mol. The van der Waals surface area contributed by atoms with Crippen molar-refractivity contribution in [1.29, 1.82) is 0 Å². The zero-order valence-electron chi connectivity index (χ0n) is 13.6. The summed E-state index contributed by atoms with van der Waals surface area (Å²) in [6.45, 7) is 3.81. The molecule has 0 aromatic carbocycles. The zero-order chi connectivity index (χ0) is 15.9. The highest BCUT2D eigenvalue weighted by Gasteiger charge is 2.33. The third-order valence-electron chi connectivity index (χ3n) is 5.35. The molecule has 1 saturated carbocycles. The Labute approximate surface area is 136 Å². The van der Waals surface area contributed by atoms with Crippen molar-refractivity contribution >= 4 is 0 Å². The number of rotatable bonds is 4. The van der Waals surface area contributed by atoms with E-state index in [-0.39, 0.29) is 5.56 Å². The Morgan fingerprint density at radius 3 is 3.00 bits per heavy atom. The molecule has 1 aromatic rings. The number of aromatic amines is 1. The lowest BCUT2D eigenvalue weighted by Crippen LogP contribution is -2.53. The highest BCUT2D eigenvalue weighted by molar-refractivity contribution is 5.21. The first-order valence-corrected chi connectivity index (χ1v) is 8.88. The van der Waals surface area contributed by atoms with E-state index in [9.17, 15) is 9.90 Å². The van der Waals surface area contributed by atoms with Gasteiger partial charge < -0.3 is 15.4 Å². The number of H-pyrrole nitrogens is 1. The Hall–Kier alpha value is -1.24. The molecule has 0 amide bonds. The minimum absolute atomic E-state index is 0.0448. The first-order valence-electron chi connectivity index (χ1n) is 8.88. The van der Waals surface area contributed by atoms with Gasteiger partial charge in [-0.1, -0.05) is 0 Å². The number of hydrogen-bond donors (Lipinski definition) is 3. The Morgan fingerprint density at radius 2 is 2.26 bits per heavy atom. The maximum atomic E-state index is 12.3. The van der Waals surface area contributed by atoms with E-state index in [1.54, 1.807) is 0 Å². The molecular formula is C17H26N4O2. The molecule has 3 N–H and O–H groups in total. The van der Waals surface area contributed by atoms with Crippen molar-refractivity contribution in [2.24, 2.45) is 5.92 Å². The molecular weight excluding hydrogens is 292 g/mol. The quantitative estimate of drug-likeness (QED) is 0.739. The number of piperidine rings is 1. The normalized spacial score (nSPS) is 28.6. The Morgan fingerprint density at radius 1 is 1.39 bits per heavy atom. The number of nitrogens with one attached hydrogen (secondary N) is 2. The van der Waals surface area contributed by atoms with Crippen molar-refractivity contribution in [2.45, 2.75) is 50.7 Å². The van der Waals surface area contributed by atoms with Crippen LogP contribution in [0, 0.1) is 5.92 Å². The highest BCUT2D eigenvalue weighted by Crippen LogP contribution is 2.31. The third kappa shape index (κ3) is 3.49. The molecule has 0 radical (unpaired) electrons. The molecule has 3 heterocycles. The van der Waals surface area contributed by atoms with Gasteiger partial charge in [-0.3, -0.25) is 9.69 Å². The van der Waals surface area contributed by atoms with Crippen molar-refractivity contribution in [3.63, 3.8) is 0 Å². The van der Waals surface area contributed by atoms with E-state index < -0.39 is 5.60 Å². The lowest BCUT2D eigenvalue weighted by Gasteiger charge is -2.38. The van der Waals surface area contributed by atoms with Gasteiger partial charge in [-0.05, 0) is 44.6 Å². The molecule has 126 valence electrons. The predicted molar refractivity (Wildman–Crippen MR) is 87.3 cm³/mol. The molecule has 1 aliphatic carbocycles. The summed E-state index contributed by atoms with van der Waals surface area (Å²) in [6, 6.07) is 0. The van der Waals surface area contributed by atoms with Gasteiger partial charge in [0.15, 0.2) is 0 Å². The van der Waals surface area contributed by atoms with Crippen molar-refractivity contribution in [3.8, 4) is 0 Å². The summed E-state index contributed by atoms with van der Waals surface area (Å²) >= 11 is 0. The summed E-state index contributed by atoms with van der Waals surface area (Å²) in [5, 5.41) is 14.0. The largest absolute Gasteiger partial charge is 0.387 e. The van der Waals surface area contributed by atoms with Gasteiger partial charge in [0.25, 0.3) is 5.56 Å². The SMILES string of the molecule is O=c1[nH]c(CC2CC2)nc2c1CCN(C[C@@]1(O)CCCNC1)C2. The van der Waals surface area contributed by atoms with Crippen LogP contribution >= 0.6 is 0 Å². The second-order valence-electron chi connectivity index (χ2n) is 7.55. The van der Waals surface area contributed by atoms with Crippen LogP contribution in [0.4, 0.5) is 0 Å². The van der Waals surface area contributed by atoms with E-state index in [1.165, 1.54) is 12.8 Å². The third-order valence-corrected chi connectivity index (χ3v) is 5.35. The fraction of sp³-hybridized carbons (Fsp3) is 0.765. The van der Waals surface area contributed by atoms with Crippen LogP contribution in [0.15, 0.2) is 4.79 Å². The standard InChI is InChI=1S/C17H26N4O2/c22-16-13-4-7-21(11-17(23)5-1-6-18-10-17)9-14(13)19-15(20-16)8-12-2-3-12/h12,18,23H,1-11H2,(H,19,20,22)/t17-/m1/s1. The lowest BCUT2D eigenvalue weighted by atomic mass is 9.92. The fourth-order valence-corrected chi connectivity index (χ4v) is 3.88. The molecule has 23 heavy (non-hydrogen) atoms. The summed E-state index contributed by atoms with van der Waals surface area (Å²) < 4.78 is 0. The first kappa shape index (κ1) is 15.3. The van der Waals surface area contributed by atoms with Crippen molar-refractivity contribution < 1.29 is 5.11 Å². The molecule has 1 aromatic heterocycles.